The fraction of sp³-hybridized carbons (Fsp3) is 0.600. The van der Waals surface area contributed by atoms with Gasteiger partial charge in [-0.05, 0) is 19.9 Å². The molecular formula is C15H24ClN5. The lowest BCUT2D eigenvalue weighted by Crippen LogP contribution is -2.24. The van der Waals surface area contributed by atoms with Gasteiger partial charge < -0.3 is 5.32 Å². The van der Waals surface area contributed by atoms with Crippen molar-refractivity contribution in [2.75, 3.05) is 6.54 Å². The van der Waals surface area contributed by atoms with Crippen molar-refractivity contribution >= 4 is 11.6 Å². The SMILES string of the molecule is CCNC(Cc1c(Cl)c(CC)nn1CC)c1cnn(C)c1. The van der Waals surface area contributed by atoms with Crippen LogP contribution < -0.4 is 5.32 Å². The van der Waals surface area contributed by atoms with Gasteiger partial charge in [0.25, 0.3) is 0 Å². The lowest BCUT2D eigenvalue weighted by molar-refractivity contribution is 0.515. The number of aryl methyl sites for hydroxylation is 3. The Kier molecular flexibility index (Phi) is 5.42. The van der Waals surface area contributed by atoms with Crippen LogP contribution in [-0.4, -0.2) is 26.1 Å². The normalized spacial score (nSPS) is 12.8. The first-order chi connectivity index (χ1) is 10.1. The molecule has 1 atom stereocenters. The van der Waals surface area contributed by atoms with Gasteiger partial charge in [-0.2, -0.15) is 10.2 Å². The van der Waals surface area contributed by atoms with E-state index in [9.17, 15) is 0 Å². The van der Waals surface area contributed by atoms with Crippen LogP contribution >= 0.6 is 11.6 Å². The van der Waals surface area contributed by atoms with Crippen molar-refractivity contribution in [1.29, 1.82) is 0 Å². The number of hydrogen-bond donors (Lipinski definition) is 1. The molecule has 21 heavy (non-hydrogen) atoms. The fourth-order valence-corrected chi connectivity index (χ4v) is 2.93. The highest BCUT2D eigenvalue weighted by Gasteiger charge is 2.20. The zero-order valence-electron chi connectivity index (χ0n) is 13.2. The maximum absolute atomic E-state index is 6.51. The molecule has 0 saturated carbocycles. The summed E-state index contributed by atoms with van der Waals surface area (Å²) in [4.78, 5) is 0. The van der Waals surface area contributed by atoms with Crippen LogP contribution in [0.3, 0.4) is 0 Å². The minimum Gasteiger partial charge on any atom is -0.310 e. The summed E-state index contributed by atoms with van der Waals surface area (Å²) in [5.41, 5.74) is 3.26. The van der Waals surface area contributed by atoms with Gasteiger partial charge in [0.15, 0.2) is 0 Å². The molecule has 0 aliphatic carbocycles. The van der Waals surface area contributed by atoms with Crippen LogP contribution in [0, 0.1) is 0 Å². The standard InChI is InChI=1S/C15H24ClN5/c1-5-12-15(16)14(21(7-3)19-12)8-13(17-6-2)11-9-18-20(4)10-11/h9-10,13,17H,5-8H2,1-4H3. The van der Waals surface area contributed by atoms with Crippen LogP contribution in [0.25, 0.3) is 0 Å². The van der Waals surface area contributed by atoms with Gasteiger partial charge in [0.1, 0.15) is 0 Å². The first kappa shape index (κ1) is 16.0. The second-order valence-electron chi connectivity index (χ2n) is 5.14. The van der Waals surface area contributed by atoms with Crippen LogP contribution in [0.5, 0.6) is 0 Å². The number of rotatable bonds is 7. The topological polar surface area (TPSA) is 47.7 Å². The third-order valence-electron chi connectivity index (χ3n) is 3.67. The predicted molar refractivity (Wildman–Crippen MR) is 85.6 cm³/mol. The maximum Gasteiger partial charge on any atom is 0.0850 e. The number of aromatic nitrogens is 4. The molecule has 5 nitrogen and oxygen atoms in total. The average Bonchev–Trinajstić information content (AvgIpc) is 3.03. The van der Waals surface area contributed by atoms with E-state index in [1.54, 1.807) is 0 Å². The largest absolute Gasteiger partial charge is 0.310 e. The summed E-state index contributed by atoms with van der Waals surface area (Å²) in [7, 11) is 1.94. The van der Waals surface area contributed by atoms with Gasteiger partial charge in [0.2, 0.25) is 0 Å². The van der Waals surface area contributed by atoms with E-state index in [2.05, 4.69) is 42.5 Å². The lowest BCUT2D eigenvalue weighted by atomic mass is 10.0. The number of likely N-dealkylation sites (N-methyl/N-ethyl adjacent to an activating group) is 1. The molecule has 1 unspecified atom stereocenters. The Hall–Kier alpha value is -1.33. The van der Waals surface area contributed by atoms with Crippen molar-refractivity contribution in [3.05, 3.63) is 34.4 Å². The number of nitrogens with one attached hydrogen (secondary N) is 1. The van der Waals surface area contributed by atoms with E-state index >= 15 is 0 Å². The van der Waals surface area contributed by atoms with E-state index in [1.807, 2.05) is 22.6 Å². The third kappa shape index (κ3) is 3.47. The number of halogens is 1. The molecular weight excluding hydrogens is 286 g/mol. The molecule has 116 valence electrons. The molecule has 0 radical (unpaired) electrons. The molecule has 0 aliphatic rings. The highest BCUT2D eigenvalue weighted by Crippen LogP contribution is 2.26. The lowest BCUT2D eigenvalue weighted by Gasteiger charge is -2.17. The smallest absolute Gasteiger partial charge is 0.0850 e. The molecule has 0 spiro atoms. The second kappa shape index (κ2) is 7.09. The van der Waals surface area contributed by atoms with E-state index in [-0.39, 0.29) is 6.04 Å². The Labute approximate surface area is 131 Å². The average molecular weight is 310 g/mol. The van der Waals surface area contributed by atoms with E-state index in [0.717, 1.165) is 42.3 Å². The monoisotopic (exact) mass is 309 g/mol. The molecule has 6 heteroatoms. The van der Waals surface area contributed by atoms with Crippen LogP contribution in [0.15, 0.2) is 12.4 Å². The fourth-order valence-electron chi connectivity index (χ4n) is 2.58. The Morgan fingerprint density at radius 3 is 2.62 bits per heavy atom. The zero-order valence-corrected chi connectivity index (χ0v) is 14.0. The third-order valence-corrected chi connectivity index (χ3v) is 4.11. The minimum atomic E-state index is 0.202. The molecule has 0 saturated heterocycles. The van der Waals surface area contributed by atoms with Gasteiger partial charge in [0.05, 0.1) is 22.6 Å². The van der Waals surface area contributed by atoms with Crippen LogP contribution in [-0.2, 0) is 26.4 Å². The summed E-state index contributed by atoms with van der Waals surface area (Å²) in [5.74, 6) is 0. The summed E-state index contributed by atoms with van der Waals surface area (Å²) in [6.45, 7) is 8.03. The van der Waals surface area contributed by atoms with Gasteiger partial charge in [-0.1, -0.05) is 25.4 Å². The summed E-state index contributed by atoms with van der Waals surface area (Å²) in [6, 6.07) is 0.202. The molecule has 0 amide bonds. The molecule has 2 aromatic rings. The summed E-state index contributed by atoms with van der Waals surface area (Å²) in [5, 5.41) is 13.2. The van der Waals surface area contributed by atoms with Gasteiger partial charge >= 0.3 is 0 Å². The highest BCUT2D eigenvalue weighted by atomic mass is 35.5. The Morgan fingerprint density at radius 1 is 1.33 bits per heavy atom. The Morgan fingerprint density at radius 2 is 2.10 bits per heavy atom. The molecule has 2 heterocycles. The number of nitrogens with zero attached hydrogens (tertiary/aromatic N) is 4. The predicted octanol–water partition coefficient (Wildman–Crippen LogP) is 2.75. The summed E-state index contributed by atoms with van der Waals surface area (Å²) >= 11 is 6.51. The van der Waals surface area contributed by atoms with Crippen molar-refractivity contribution in [2.45, 2.75) is 46.2 Å². The molecule has 2 aromatic heterocycles. The number of hydrogen-bond acceptors (Lipinski definition) is 3. The zero-order chi connectivity index (χ0) is 15.4. The first-order valence-corrected chi connectivity index (χ1v) is 7.94. The van der Waals surface area contributed by atoms with Crippen molar-refractivity contribution in [2.24, 2.45) is 7.05 Å². The van der Waals surface area contributed by atoms with Gasteiger partial charge in [-0.3, -0.25) is 9.36 Å². The van der Waals surface area contributed by atoms with Crippen LogP contribution in [0.1, 0.15) is 43.8 Å². The van der Waals surface area contributed by atoms with Crippen molar-refractivity contribution in [1.82, 2.24) is 24.9 Å². The molecule has 1 N–H and O–H groups in total. The minimum absolute atomic E-state index is 0.202. The molecule has 0 aliphatic heterocycles. The quantitative estimate of drug-likeness (QED) is 0.855. The van der Waals surface area contributed by atoms with Crippen molar-refractivity contribution in [3.8, 4) is 0 Å². The van der Waals surface area contributed by atoms with Crippen molar-refractivity contribution in [3.63, 3.8) is 0 Å². The summed E-state index contributed by atoms with van der Waals surface area (Å²) in [6.07, 6.45) is 5.64. The molecule has 0 aromatic carbocycles. The molecule has 0 fully saturated rings. The maximum atomic E-state index is 6.51. The van der Waals surface area contributed by atoms with Gasteiger partial charge in [-0.15, -0.1) is 0 Å². The van der Waals surface area contributed by atoms with E-state index < -0.39 is 0 Å². The van der Waals surface area contributed by atoms with Crippen LogP contribution in [0.2, 0.25) is 5.02 Å². The summed E-state index contributed by atoms with van der Waals surface area (Å²) < 4.78 is 3.84. The van der Waals surface area contributed by atoms with Crippen molar-refractivity contribution < 1.29 is 0 Å². The molecule has 2 rings (SSSR count). The molecule has 0 bridgehead atoms. The second-order valence-corrected chi connectivity index (χ2v) is 5.52. The van der Waals surface area contributed by atoms with E-state index in [4.69, 9.17) is 11.6 Å². The Balaban J connectivity index is 2.30. The van der Waals surface area contributed by atoms with Gasteiger partial charge in [0, 0.05) is 37.8 Å². The van der Waals surface area contributed by atoms with E-state index in [1.165, 1.54) is 5.56 Å². The first-order valence-electron chi connectivity index (χ1n) is 7.56. The van der Waals surface area contributed by atoms with Crippen LogP contribution in [0.4, 0.5) is 0 Å². The highest BCUT2D eigenvalue weighted by molar-refractivity contribution is 6.31. The Bertz CT molecular complexity index is 587. The van der Waals surface area contributed by atoms with E-state index in [0.29, 0.717) is 0 Å². The van der Waals surface area contributed by atoms with Gasteiger partial charge in [-0.25, -0.2) is 0 Å².